The molecule has 4 nitrogen and oxygen atoms in total. The van der Waals surface area contributed by atoms with Crippen molar-refractivity contribution in [1.82, 2.24) is 5.32 Å². The van der Waals surface area contributed by atoms with Gasteiger partial charge in [-0.05, 0) is 57.2 Å². The molecule has 0 aliphatic rings. The zero-order valence-electron chi connectivity index (χ0n) is 18.2. The molecule has 0 bridgehead atoms. The molecule has 1 aromatic carbocycles. The van der Waals surface area contributed by atoms with Crippen molar-refractivity contribution in [1.29, 1.82) is 0 Å². The van der Waals surface area contributed by atoms with E-state index in [0.717, 1.165) is 18.5 Å². The summed E-state index contributed by atoms with van der Waals surface area (Å²) >= 11 is 0. The normalized spacial score (nSPS) is 13.7. The minimum Gasteiger partial charge on any atom is -0.444 e. The van der Waals surface area contributed by atoms with Crippen molar-refractivity contribution in [3.8, 4) is 0 Å². The van der Waals surface area contributed by atoms with Crippen LogP contribution in [0.25, 0.3) is 0 Å². The predicted octanol–water partition coefficient (Wildman–Crippen LogP) is 6.16. The van der Waals surface area contributed by atoms with Crippen molar-refractivity contribution in [2.24, 2.45) is 5.92 Å². The molecule has 0 aromatic heterocycles. The Morgan fingerprint density at radius 2 is 1.74 bits per heavy atom. The lowest BCUT2D eigenvalue weighted by atomic mass is 9.99. The SMILES string of the molecule is CCCCCCc1ccc(NCC(NC(=O)OC(C)(C)C)C(C)CC)cc1. The van der Waals surface area contributed by atoms with Crippen molar-refractivity contribution < 1.29 is 9.53 Å². The van der Waals surface area contributed by atoms with Gasteiger partial charge in [0.25, 0.3) is 0 Å². The minimum atomic E-state index is -0.482. The third kappa shape index (κ3) is 10.3. The van der Waals surface area contributed by atoms with Crippen LogP contribution < -0.4 is 10.6 Å². The maximum atomic E-state index is 12.1. The number of carbonyl (C=O) groups excluding carboxylic acids is 1. The Kier molecular flexibility index (Phi) is 10.3. The Hall–Kier alpha value is -1.71. The zero-order valence-corrected chi connectivity index (χ0v) is 18.2. The van der Waals surface area contributed by atoms with Crippen LogP contribution in [0.2, 0.25) is 0 Å². The Morgan fingerprint density at radius 3 is 2.30 bits per heavy atom. The predicted molar refractivity (Wildman–Crippen MR) is 115 cm³/mol. The molecular weight excluding hydrogens is 336 g/mol. The minimum absolute atomic E-state index is 0.0265. The van der Waals surface area contributed by atoms with Crippen LogP contribution in [0.15, 0.2) is 24.3 Å². The second-order valence-corrected chi connectivity index (χ2v) is 8.53. The number of benzene rings is 1. The molecule has 2 unspecified atom stereocenters. The van der Waals surface area contributed by atoms with Crippen LogP contribution in [-0.4, -0.2) is 24.3 Å². The molecular formula is C23H40N2O2. The summed E-state index contributed by atoms with van der Waals surface area (Å²) < 4.78 is 5.41. The summed E-state index contributed by atoms with van der Waals surface area (Å²) in [4.78, 5) is 12.1. The number of alkyl carbamates (subject to hydrolysis) is 1. The van der Waals surface area contributed by atoms with Crippen molar-refractivity contribution in [2.45, 2.75) is 91.7 Å². The van der Waals surface area contributed by atoms with Crippen molar-refractivity contribution >= 4 is 11.8 Å². The van der Waals surface area contributed by atoms with E-state index in [9.17, 15) is 4.79 Å². The molecule has 0 aliphatic carbocycles. The molecule has 0 heterocycles. The van der Waals surface area contributed by atoms with E-state index in [4.69, 9.17) is 4.74 Å². The summed E-state index contributed by atoms with van der Waals surface area (Å²) in [6, 6.07) is 8.70. The van der Waals surface area contributed by atoms with E-state index in [2.05, 4.69) is 55.7 Å². The van der Waals surface area contributed by atoms with E-state index in [-0.39, 0.29) is 12.1 Å². The number of anilines is 1. The summed E-state index contributed by atoms with van der Waals surface area (Å²) in [7, 11) is 0. The fourth-order valence-corrected chi connectivity index (χ4v) is 2.91. The highest BCUT2D eigenvalue weighted by molar-refractivity contribution is 5.68. The Bertz CT molecular complexity index is 534. The van der Waals surface area contributed by atoms with Gasteiger partial charge in [0, 0.05) is 12.2 Å². The van der Waals surface area contributed by atoms with E-state index >= 15 is 0 Å². The number of carbonyl (C=O) groups is 1. The van der Waals surface area contributed by atoms with Gasteiger partial charge in [0.1, 0.15) is 5.60 Å². The van der Waals surface area contributed by atoms with Crippen molar-refractivity contribution in [3.05, 3.63) is 29.8 Å². The Labute approximate surface area is 166 Å². The van der Waals surface area contributed by atoms with Gasteiger partial charge in [-0.2, -0.15) is 0 Å². The van der Waals surface area contributed by atoms with E-state index < -0.39 is 5.60 Å². The molecule has 1 aromatic rings. The third-order valence-corrected chi connectivity index (χ3v) is 4.83. The second kappa shape index (κ2) is 11.9. The second-order valence-electron chi connectivity index (χ2n) is 8.53. The highest BCUT2D eigenvalue weighted by atomic mass is 16.6. The number of nitrogens with one attached hydrogen (secondary N) is 2. The lowest BCUT2D eigenvalue weighted by molar-refractivity contribution is 0.0491. The monoisotopic (exact) mass is 376 g/mol. The number of hydrogen-bond acceptors (Lipinski definition) is 3. The summed E-state index contributed by atoms with van der Waals surface area (Å²) in [5.41, 5.74) is 2.00. The van der Waals surface area contributed by atoms with E-state index in [0.29, 0.717) is 12.5 Å². The van der Waals surface area contributed by atoms with Gasteiger partial charge >= 0.3 is 6.09 Å². The molecule has 0 radical (unpaired) electrons. The van der Waals surface area contributed by atoms with Crippen LogP contribution in [-0.2, 0) is 11.2 Å². The first-order valence-corrected chi connectivity index (χ1v) is 10.6. The number of rotatable bonds is 11. The van der Waals surface area contributed by atoms with Gasteiger partial charge in [-0.3, -0.25) is 0 Å². The van der Waals surface area contributed by atoms with Gasteiger partial charge in [0.15, 0.2) is 0 Å². The standard InChI is InChI=1S/C23H40N2O2/c1-7-9-10-11-12-19-13-15-20(16-14-19)24-17-21(18(3)8-2)25-22(26)27-23(4,5)6/h13-16,18,21,24H,7-12,17H2,1-6H3,(H,25,26). The number of amides is 1. The number of unbranched alkanes of at least 4 members (excludes halogenated alkanes) is 3. The lowest BCUT2D eigenvalue weighted by Crippen LogP contribution is -2.45. The quantitative estimate of drug-likeness (QED) is 0.455. The molecule has 0 saturated heterocycles. The van der Waals surface area contributed by atoms with E-state index in [1.165, 1.54) is 31.2 Å². The van der Waals surface area contributed by atoms with Crippen LogP contribution in [0.3, 0.4) is 0 Å². The van der Waals surface area contributed by atoms with Crippen molar-refractivity contribution in [2.75, 3.05) is 11.9 Å². The van der Waals surface area contributed by atoms with Gasteiger partial charge in [-0.15, -0.1) is 0 Å². The topological polar surface area (TPSA) is 50.4 Å². The number of aryl methyl sites for hydroxylation is 1. The molecule has 154 valence electrons. The first-order valence-electron chi connectivity index (χ1n) is 10.6. The smallest absolute Gasteiger partial charge is 0.407 e. The van der Waals surface area contributed by atoms with E-state index in [1.54, 1.807) is 0 Å². The zero-order chi connectivity index (χ0) is 20.3. The molecule has 27 heavy (non-hydrogen) atoms. The van der Waals surface area contributed by atoms with Crippen LogP contribution in [0, 0.1) is 5.92 Å². The van der Waals surface area contributed by atoms with Gasteiger partial charge in [-0.1, -0.05) is 58.6 Å². The number of hydrogen-bond donors (Lipinski definition) is 2. The first-order chi connectivity index (χ1) is 12.7. The summed E-state index contributed by atoms with van der Waals surface area (Å²) in [6.07, 6.45) is 6.96. The molecule has 0 saturated carbocycles. The van der Waals surface area contributed by atoms with Gasteiger partial charge in [-0.25, -0.2) is 4.79 Å². The lowest BCUT2D eigenvalue weighted by Gasteiger charge is -2.27. The van der Waals surface area contributed by atoms with Crippen LogP contribution in [0.4, 0.5) is 10.5 Å². The summed E-state index contributed by atoms with van der Waals surface area (Å²) in [6.45, 7) is 12.9. The summed E-state index contributed by atoms with van der Waals surface area (Å²) in [5.74, 6) is 0.364. The Morgan fingerprint density at radius 1 is 1.07 bits per heavy atom. The highest BCUT2D eigenvalue weighted by Gasteiger charge is 2.22. The number of ether oxygens (including phenoxy) is 1. The molecule has 0 fully saturated rings. The first kappa shape index (κ1) is 23.3. The Balaban J connectivity index is 2.53. The third-order valence-electron chi connectivity index (χ3n) is 4.83. The average Bonchev–Trinajstić information content (AvgIpc) is 2.61. The average molecular weight is 377 g/mol. The molecule has 1 amide bonds. The van der Waals surface area contributed by atoms with Crippen LogP contribution in [0.5, 0.6) is 0 Å². The highest BCUT2D eigenvalue weighted by Crippen LogP contribution is 2.15. The van der Waals surface area contributed by atoms with Gasteiger partial charge < -0.3 is 15.4 Å². The molecule has 2 atom stereocenters. The molecule has 0 aliphatic heterocycles. The maximum absolute atomic E-state index is 12.1. The molecule has 0 spiro atoms. The molecule has 4 heteroatoms. The van der Waals surface area contributed by atoms with Crippen LogP contribution in [0.1, 0.15) is 79.2 Å². The summed E-state index contributed by atoms with van der Waals surface area (Å²) in [5, 5.41) is 6.48. The van der Waals surface area contributed by atoms with Crippen molar-refractivity contribution in [3.63, 3.8) is 0 Å². The van der Waals surface area contributed by atoms with Crippen LogP contribution >= 0.6 is 0 Å². The fourth-order valence-electron chi connectivity index (χ4n) is 2.91. The largest absolute Gasteiger partial charge is 0.444 e. The van der Waals surface area contributed by atoms with Gasteiger partial charge in [0.05, 0.1) is 6.04 Å². The van der Waals surface area contributed by atoms with Gasteiger partial charge in [0.2, 0.25) is 0 Å². The molecule has 1 rings (SSSR count). The molecule has 2 N–H and O–H groups in total. The fraction of sp³-hybridized carbons (Fsp3) is 0.696. The van der Waals surface area contributed by atoms with E-state index in [1.807, 2.05) is 20.8 Å². The maximum Gasteiger partial charge on any atom is 0.407 e.